The first-order valence-corrected chi connectivity index (χ1v) is 9.80. The van der Waals surface area contributed by atoms with Crippen molar-refractivity contribution in [2.75, 3.05) is 5.32 Å². The fourth-order valence-corrected chi connectivity index (χ4v) is 3.49. The Morgan fingerprint density at radius 2 is 1.93 bits per heavy atom. The van der Waals surface area contributed by atoms with Crippen molar-refractivity contribution >= 4 is 17.2 Å². The standard InChI is InChI=1S/C21H28N6O/c1-5-15(6-2)25-18-8-7-14(13(3)4)11-17(18)19(20(22)28)16-9-10-24-27-12-23-26-21(16)27/h7-13,15,19,25H,5-6H2,1-4H3,(H2,22,28). The van der Waals surface area contributed by atoms with Crippen molar-refractivity contribution in [3.8, 4) is 0 Å². The maximum Gasteiger partial charge on any atom is 0.229 e. The van der Waals surface area contributed by atoms with Gasteiger partial charge < -0.3 is 11.1 Å². The minimum absolute atomic E-state index is 0.322. The summed E-state index contributed by atoms with van der Waals surface area (Å²) in [5, 5.41) is 15.9. The molecule has 0 aliphatic heterocycles. The smallest absolute Gasteiger partial charge is 0.229 e. The van der Waals surface area contributed by atoms with Crippen molar-refractivity contribution in [2.45, 2.75) is 58.4 Å². The number of primary amides is 1. The minimum Gasteiger partial charge on any atom is -0.382 e. The van der Waals surface area contributed by atoms with Gasteiger partial charge in [-0.05, 0) is 42.0 Å². The highest BCUT2D eigenvalue weighted by Gasteiger charge is 2.27. The van der Waals surface area contributed by atoms with Gasteiger partial charge in [0.1, 0.15) is 6.33 Å². The van der Waals surface area contributed by atoms with Crippen molar-refractivity contribution < 1.29 is 4.79 Å². The minimum atomic E-state index is -0.648. The Morgan fingerprint density at radius 3 is 2.57 bits per heavy atom. The molecule has 2 heterocycles. The molecule has 3 rings (SSSR count). The topological polar surface area (TPSA) is 98.2 Å². The summed E-state index contributed by atoms with van der Waals surface area (Å²) in [7, 11) is 0. The number of nitrogens with one attached hydrogen (secondary N) is 1. The van der Waals surface area contributed by atoms with Crippen LogP contribution in [0, 0.1) is 0 Å². The van der Waals surface area contributed by atoms with Crippen LogP contribution in [0.5, 0.6) is 0 Å². The molecule has 0 fully saturated rings. The van der Waals surface area contributed by atoms with Gasteiger partial charge in [-0.2, -0.15) is 5.10 Å². The molecular formula is C21H28N6O. The average Bonchev–Trinajstić information content (AvgIpc) is 3.16. The summed E-state index contributed by atoms with van der Waals surface area (Å²) in [5.41, 5.74) is 10.1. The highest BCUT2D eigenvalue weighted by Crippen LogP contribution is 2.35. The van der Waals surface area contributed by atoms with E-state index in [1.165, 1.54) is 6.33 Å². The van der Waals surface area contributed by atoms with E-state index in [9.17, 15) is 4.79 Å². The molecular weight excluding hydrogens is 352 g/mol. The van der Waals surface area contributed by atoms with Crippen LogP contribution in [0.4, 0.5) is 5.69 Å². The van der Waals surface area contributed by atoms with Crippen LogP contribution in [0.3, 0.4) is 0 Å². The highest BCUT2D eigenvalue weighted by atomic mass is 16.1. The molecule has 148 valence electrons. The van der Waals surface area contributed by atoms with Crippen LogP contribution in [0.25, 0.3) is 5.65 Å². The molecule has 0 bridgehead atoms. The van der Waals surface area contributed by atoms with Crippen molar-refractivity contribution in [1.82, 2.24) is 19.8 Å². The normalized spacial score (nSPS) is 12.6. The number of rotatable bonds is 8. The molecule has 0 aliphatic carbocycles. The second-order valence-corrected chi connectivity index (χ2v) is 7.38. The molecule has 1 atom stereocenters. The van der Waals surface area contributed by atoms with Crippen molar-refractivity contribution in [1.29, 1.82) is 0 Å². The lowest BCUT2D eigenvalue weighted by Crippen LogP contribution is -2.26. The summed E-state index contributed by atoms with van der Waals surface area (Å²) in [6, 6.07) is 8.36. The predicted octanol–water partition coefficient (Wildman–Crippen LogP) is 3.47. The van der Waals surface area contributed by atoms with Crippen molar-refractivity contribution in [2.24, 2.45) is 5.73 Å². The molecule has 7 heteroatoms. The van der Waals surface area contributed by atoms with Crippen LogP contribution in [0.2, 0.25) is 0 Å². The van der Waals surface area contributed by atoms with Crippen LogP contribution in [-0.2, 0) is 4.79 Å². The molecule has 1 unspecified atom stereocenters. The molecule has 0 spiro atoms. The molecule has 0 saturated heterocycles. The molecule has 0 radical (unpaired) electrons. The third kappa shape index (κ3) is 3.83. The number of hydrogen-bond donors (Lipinski definition) is 2. The van der Waals surface area contributed by atoms with E-state index >= 15 is 0 Å². The average molecular weight is 380 g/mol. The number of fused-ring (bicyclic) bond motifs is 1. The third-order valence-electron chi connectivity index (χ3n) is 5.23. The molecule has 0 saturated carbocycles. The molecule has 28 heavy (non-hydrogen) atoms. The number of hydrogen-bond acceptors (Lipinski definition) is 5. The fourth-order valence-electron chi connectivity index (χ4n) is 3.49. The predicted molar refractivity (Wildman–Crippen MR) is 110 cm³/mol. The van der Waals surface area contributed by atoms with Crippen LogP contribution >= 0.6 is 0 Å². The summed E-state index contributed by atoms with van der Waals surface area (Å²) in [6.07, 6.45) is 5.15. The Morgan fingerprint density at radius 1 is 1.18 bits per heavy atom. The molecule has 0 aliphatic rings. The number of amides is 1. The summed E-state index contributed by atoms with van der Waals surface area (Å²) in [5.74, 6) is -0.741. The number of nitrogens with two attached hydrogens (primary N) is 1. The van der Waals surface area contributed by atoms with Gasteiger partial charge in [-0.25, -0.2) is 4.52 Å². The Bertz CT molecular complexity index is 960. The van der Waals surface area contributed by atoms with E-state index in [4.69, 9.17) is 5.73 Å². The second kappa shape index (κ2) is 8.37. The zero-order valence-corrected chi connectivity index (χ0v) is 16.9. The van der Waals surface area contributed by atoms with Gasteiger partial charge in [0, 0.05) is 23.5 Å². The van der Waals surface area contributed by atoms with E-state index < -0.39 is 11.8 Å². The molecule has 1 aromatic carbocycles. The van der Waals surface area contributed by atoms with Crippen LogP contribution in [0.1, 0.15) is 69.1 Å². The number of aromatic nitrogens is 4. The Hall–Kier alpha value is -2.96. The zero-order valence-electron chi connectivity index (χ0n) is 16.9. The molecule has 2 aromatic heterocycles. The van der Waals surface area contributed by atoms with Gasteiger partial charge in [0.15, 0.2) is 5.65 Å². The molecule has 3 aromatic rings. The van der Waals surface area contributed by atoms with Gasteiger partial charge in [-0.1, -0.05) is 39.8 Å². The van der Waals surface area contributed by atoms with E-state index in [2.05, 4.69) is 66.5 Å². The van der Waals surface area contributed by atoms with Gasteiger partial charge in [-0.3, -0.25) is 4.79 Å². The molecule has 1 amide bonds. The van der Waals surface area contributed by atoms with Gasteiger partial charge in [0.05, 0.1) is 5.92 Å². The Balaban J connectivity index is 2.19. The fraction of sp³-hybridized carbons (Fsp3) is 0.429. The Labute approximate surface area is 165 Å². The van der Waals surface area contributed by atoms with E-state index in [1.54, 1.807) is 16.8 Å². The van der Waals surface area contributed by atoms with Crippen molar-refractivity contribution in [3.63, 3.8) is 0 Å². The monoisotopic (exact) mass is 380 g/mol. The number of anilines is 1. The van der Waals surface area contributed by atoms with Crippen LogP contribution in [0.15, 0.2) is 36.8 Å². The summed E-state index contributed by atoms with van der Waals surface area (Å²) >= 11 is 0. The van der Waals surface area contributed by atoms with Crippen LogP contribution in [-0.4, -0.2) is 31.8 Å². The maximum absolute atomic E-state index is 12.6. The van der Waals surface area contributed by atoms with E-state index in [0.717, 1.165) is 29.7 Å². The molecule has 7 nitrogen and oxygen atoms in total. The highest BCUT2D eigenvalue weighted by molar-refractivity contribution is 5.89. The quantitative estimate of drug-likeness (QED) is 0.623. The summed E-state index contributed by atoms with van der Waals surface area (Å²) in [4.78, 5) is 12.6. The second-order valence-electron chi connectivity index (χ2n) is 7.38. The van der Waals surface area contributed by atoms with Crippen LogP contribution < -0.4 is 11.1 Å². The zero-order chi connectivity index (χ0) is 20.3. The number of carbonyl (C=O) groups excluding carboxylic acids is 1. The van der Waals surface area contributed by atoms with E-state index in [-0.39, 0.29) is 0 Å². The number of benzene rings is 1. The first-order chi connectivity index (χ1) is 13.5. The lowest BCUT2D eigenvalue weighted by molar-refractivity contribution is -0.118. The van der Waals surface area contributed by atoms with Gasteiger partial charge in [0.2, 0.25) is 5.91 Å². The first kappa shape index (κ1) is 19.8. The van der Waals surface area contributed by atoms with Gasteiger partial charge >= 0.3 is 0 Å². The SMILES string of the molecule is CCC(CC)Nc1ccc(C(C)C)cc1C(C(N)=O)c1ccnn2cnnc12. The summed E-state index contributed by atoms with van der Waals surface area (Å²) < 4.78 is 1.56. The van der Waals surface area contributed by atoms with E-state index in [0.29, 0.717) is 23.2 Å². The number of carbonyl (C=O) groups is 1. The lowest BCUT2D eigenvalue weighted by atomic mass is 9.87. The molecule has 3 N–H and O–H groups in total. The van der Waals surface area contributed by atoms with Gasteiger partial charge in [0.25, 0.3) is 0 Å². The Kier molecular flexibility index (Phi) is 5.92. The van der Waals surface area contributed by atoms with Crippen molar-refractivity contribution in [3.05, 3.63) is 53.5 Å². The third-order valence-corrected chi connectivity index (χ3v) is 5.23. The van der Waals surface area contributed by atoms with Gasteiger partial charge in [-0.15, -0.1) is 10.2 Å². The van der Waals surface area contributed by atoms with E-state index in [1.807, 2.05) is 0 Å². The first-order valence-electron chi connectivity index (χ1n) is 9.80. The number of nitrogens with zero attached hydrogens (tertiary/aromatic N) is 4. The maximum atomic E-state index is 12.6. The summed E-state index contributed by atoms with van der Waals surface area (Å²) in [6.45, 7) is 8.57. The largest absolute Gasteiger partial charge is 0.382 e. The lowest BCUT2D eigenvalue weighted by Gasteiger charge is -2.24.